The molecule has 0 fully saturated rings. The highest BCUT2D eigenvalue weighted by Crippen LogP contribution is 2.31. The van der Waals surface area contributed by atoms with E-state index in [0.29, 0.717) is 10.9 Å². The summed E-state index contributed by atoms with van der Waals surface area (Å²) >= 11 is 11.9. The number of carboxylic acids is 1. The van der Waals surface area contributed by atoms with Crippen LogP contribution in [0.2, 0.25) is 10.0 Å². The molecular weight excluding hydrogens is 519 g/mol. The molecule has 182 valence electrons. The van der Waals surface area contributed by atoms with Crippen LogP contribution in [-0.4, -0.2) is 39.7 Å². The Labute approximate surface area is 208 Å². The molecule has 0 aliphatic carbocycles. The zero-order valence-corrected chi connectivity index (χ0v) is 20.7. The van der Waals surface area contributed by atoms with Gasteiger partial charge in [-0.1, -0.05) is 23.2 Å². The molecule has 1 N–H and O–H groups in total. The van der Waals surface area contributed by atoms with Crippen molar-refractivity contribution < 1.29 is 18.3 Å². The molecule has 4 rings (SSSR count). The predicted molar refractivity (Wildman–Crippen MR) is 132 cm³/mol. The van der Waals surface area contributed by atoms with Crippen molar-refractivity contribution in [2.75, 3.05) is 10.8 Å². The van der Waals surface area contributed by atoms with Gasteiger partial charge in [0, 0.05) is 41.9 Å². The fraction of sp³-hybridized carbons (Fsp3) is 0.136. The molecule has 2 aromatic carbocycles. The standard InChI is InChI=1S/C22H18Cl2N4O6S/c1-25-11-19(21(31)26(2)22(25)32)27-6-5-13-7-16(3-4-18(13)27)28(12-20(29)30)35(33,34)17-9-14(23)8-15(24)10-17/h3-11H,12H2,1-2H3,(H,29,30). The highest BCUT2D eigenvalue weighted by molar-refractivity contribution is 7.92. The fourth-order valence-corrected chi connectivity index (χ4v) is 5.83. The molecule has 35 heavy (non-hydrogen) atoms. The maximum absolute atomic E-state index is 13.4. The number of carboxylic acid groups (broad SMARTS) is 1. The Morgan fingerprint density at radius 1 is 1.03 bits per heavy atom. The summed E-state index contributed by atoms with van der Waals surface area (Å²) in [6.45, 7) is -0.847. The monoisotopic (exact) mass is 536 g/mol. The van der Waals surface area contributed by atoms with Gasteiger partial charge in [0.25, 0.3) is 15.6 Å². The maximum atomic E-state index is 13.4. The van der Waals surface area contributed by atoms with Crippen LogP contribution in [0.3, 0.4) is 0 Å². The van der Waals surface area contributed by atoms with Gasteiger partial charge >= 0.3 is 11.7 Å². The minimum absolute atomic E-state index is 0.0812. The lowest BCUT2D eigenvalue weighted by molar-refractivity contribution is -0.135. The van der Waals surface area contributed by atoms with Crippen LogP contribution in [0.15, 0.2) is 69.3 Å². The number of rotatable bonds is 6. The van der Waals surface area contributed by atoms with Crippen LogP contribution >= 0.6 is 23.2 Å². The first-order valence-electron chi connectivity index (χ1n) is 9.99. The van der Waals surface area contributed by atoms with Crippen molar-refractivity contribution in [3.05, 3.63) is 85.7 Å². The second-order valence-electron chi connectivity index (χ2n) is 7.71. The van der Waals surface area contributed by atoms with Crippen LogP contribution < -0.4 is 15.6 Å². The van der Waals surface area contributed by atoms with E-state index in [4.69, 9.17) is 23.2 Å². The molecular formula is C22H18Cl2N4O6S. The Morgan fingerprint density at radius 3 is 2.31 bits per heavy atom. The average molecular weight is 537 g/mol. The van der Waals surface area contributed by atoms with Crippen molar-refractivity contribution in [1.29, 1.82) is 0 Å². The third-order valence-electron chi connectivity index (χ3n) is 5.35. The van der Waals surface area contributed by atoms with Crippen LogP contribution in [0, 0.1) is 0 Å². The first-order valence-corrected chi connectivity index (χ1v) is 12.2. The van der Waals surface area contributed by atoms with Crippen molar-refractivity contribution in [1.82, 2.24) is 13.7 Å². The summed E-state index contributed by atoms with van der Waals surface area (Å²) in [5.41, 5.74) is -0.151. The minimum Gasteiger partial charge on any atom is -0.480 e. The van der Waals surface area contributed by atoms with Gasteiger partial charge in [0.15, 0.2) is 0 Å². The van der Waals surface area contributed by atoms with Crippen LogP contribution in [0.4, 0.5) is 5.69 Å². The van der Waals surface area contributed by atoms with E-state index in [1.807, 2.05) is 0 Å². The highest BCUT2D eigenvalue weighted by Gasteiger charge is 2.28. The van der Waals surface area contributed by atoms with Crippen molar-refractivity contribution in [3.63, 3.8) is 0 Å². The van der Waals surface area contributed by atoms with E-state index in [1.54, 1.807) is 22.9 Å². The molecule has 0 saturated carbocycles. The van der Waals surface area contributed by atoms with E-state index >= 15 is 0 Å². The number of halogens is 2. The molecule has 0 atom stereocenters. The molecule has 10 nitrogen and oxygen atoms in total. The number of aromatic nitrogens is 3. The van der Waals surface area contributed by atoms with Gasteiger partial charge in [-0.15, -0.1) is 0 Å². The molecule has 4 aromatic rings. The second-order valence-corrected chi connectivity index (χ2v) is 10.4. The Bertz CT molecular complexity index is 1700. The van der Waals surface area contributed by atoms with Crippen molar-refractivity contribution in [2.24, 2.45) is 14.1 Å². The van der Waals surface area contributed by atoms with E-state index in [2.05, 4.69) is 0 Å². The number of hydrogen-bond donors (Lipinski definition) is 1. The number of benzene rings is 2. The van der Waals surface area contributed by atoms with Gasteiger partial charge in [-0.25, -0.2) is 13.2 Å². The maximum Gasteiger partial charge on any atom is 0.330 e. The molecule has 0 amide bonds. The molecule has 0 unspecified atom stereocenters. The molecule has 2 aromatic heterocycles. The van der Waals surface area contributed by atoms with E-state index in [9.17, 15) is 27.9 Å². The first-order chi connectivity index (χ1) is 16.4. The summed E-state index contributed by atoms with van der Waals surface area (Å²) in [5, 5.41) is 10.1. The lowest BCUT2D eigenvalue weighted by Gasteiger charge is -2.23. The van der Waals surface area contributed by atoms with Gasteiger partial charge in [0.05, 0.1) is 16.1 Å². The Balaban J connectivity index is 1.86. The van der Waals surface area contributed by atoms with Gasteiger partial charge in [-0.05, 0) is 42.5 Å². The van der Waals surface area contributed by atoms with E-state index in [1.165, 1.54) is 55.2 Å². The molecule has 2 heterocycles. The Morgan fingerprint density at radius 2 is 1.69 bits per heavy atom. The normalized spacial score (nSPS) is 11.7. The number of anilines is 1. The summed E-state index contributed by atoms with van der Waals surface area (Å²) in [6.07, 6.45) is 3.00. The molecule has 0 spiro atoms. The van der Waals surface area contributed by atoms with Gasteiger partial charge in [-0.2, -0.15) is 0 Å². The highest BCUT2D eigenvalue weighted by atomic mass is 35.5. The van der Waals surface area contributed by atoms with Crippen LogP contribution in [0.1, 0.15) is 0 Å². The Hall–Kier alpha value is -3.54. The lowest BCUT2D eigenvalue weighted by Crippen LogP contribution is -2.38. The third kappa shape index (κ3) is 4.45. The van der Waals surface area contributed by atoms with Crippen LogP contribution in [-0.2, 0) is 28.9 Å². The molecule has 13 heteroatoms. The zero-order chi connectivity index (χ0) is 25.7. The largest absolute Gasteiger partial charge is 0.480 e. The van der Waals surface area contributed by atoms with Gasteiger partial charge < -0.3 is 14.2 Å². The van der Waals surface area contributed by atoms with Crippen molar-refractivity contribution >= 4 is 55.8 Å². The summed E-state index contributed by atoms with van der Waals surface area (Å²) in [7, 11) is -1.46. The van der Waals surface area contributed by atoms with Gasteiger partial charge in [0.2, 0.25) is 0 Å². The van der Waals surface area contributed by atoms with E-state index < -0.39 is 33.8 Å². The summed E-state index contributed by atoms with van der Waals surface area (Å²) < 4.78 is 31.3. The van der Waals surface area contributed by atoms with Crippen LogP contribution in [0.25, 0.3) is 16.6 Å². The number of aliphatic carboxylic acids is 1. The summed E-state index contributed by atoms with van der Waals surface area (Å²) in [6, 6.07) is 9.85. The molecule has 0 bridgehead atoms. The quantitative estimate of drug-likeness (QED) is 0.404. The van der Waals surface area contributed by atoms with Crippen molar-refractivity contribution in [2.45, 2.75) is 4.90 Å². The Kier molecular flexibility index (Phi) is 6.26. The predicted octanol–water partition coefficient (Wildman–Crippen LogP) is 2.61. The van der Waals surface area contributed by atoms with E-state index in [0.717, 1.165) is 8.87 Å². The fourth-order valence-electron chi connectivity index (χ4n) is 3.69. The third-order valence-corrected chi connectivity index (χ3v) is 7.54. The molecule has 0 saturated heterocycles. The number of nitrogens with zero attached hydrogens (tertiary/aromatic N) is 4. The van der Waals surface area contributed by atoms with Crippen molar-refractivity contribution in [3.8, 4) is 5.69 Å². The minimum atomic E-state index is -4.35. The lowest BCUT2D eigenvalue weighted by atomic mass is 10.2. The zero-order valence-electron chi connectivity index (χ0n) is 18.3. The molecule has 0 radical (unpaired) electrons. The van der Waals surface area contributed by atoms with Gasteiger partial charge in [0.1, 0.15) is 12.2 Å². The second kappa shape index (κ2) is 8.91. The number of carbonyl (C=O) groups is 1. The van der Waals surface area contributed by atoms with E-state index in [-0.39, 0.29) is 26.3 Å². The average Bonchev–Trinajstić information content (AvgIpc) is 3.20. The first kappa shape index (κ1) is 24.6. The smallest absolute Gasteiger partial charge is 0.330 e. The summed E-state index contributed by atoms with van der Waals surface area (Å²) in [4.78, 5) is 36.0. The number of hydrogen-bond acceptors (Lipinski definition) is 5. The van der Waals surface area contributed by atoms with Gasteiger partial charge in [-0.3, -0.25) is 18.5 Å². The SMILES string of the molecule is Cn1cc(-n2ccc3cc(N(CC(=O)O)S(=O)(=O)c4cc(Cl)cc(Cl)c4)ccc32)c(=O)n(C)c1=O. The molecule has 0 aliphatic rings. The summed E-state index contributed by atoms with van der Waals surface area (Å²) in [5.74, 6) is -1.37. The molecule has 0 aliphatic heterocycles. The topological polar surface area (TPSA) is 124 Å². The number of aryl methyl sites for hydroxylation is 1. The number of sulfonamides is 1. The number of fused-ring (bicyclic) bond motifs is 1. The van der Waals surface area contributed by atoms with Crippen LogP contribution in [0.5, 0.6) is 0 Å².